The SMILES string of the molecule is CCOc1ccc(NCc2cc(C(=O)O)no2)cc1F. The van der Waals surface area contributed by atoms with Crippen molar-refractivity contribution in [2.24, 2.45) is 0 Å². The molecule has 0 bridgehead atoms. The van der Waals surface area contributed by atoms with Crippen molar-refractivity contribution in [2.45, 2.75) is 13.5 Å². The number of carboxylic acids is 1. The summed E-state index contributed by atoms with van der Waals surface area (Å²) < 4.78 is 23.5. The minimum Gasteiger partial charge on any atom is -0.491 e. The van der Waals surface area contributed by atoms with Crippen molar-refractivity contribution in [3.63, 3.8) is 0 Å². The van der Waals surface area contributed by atoms with E-state index in [2.05, 4.69) is 10.5 Å². The molecule has 7 heteroatoms. The van der Waals surface area contributed by atoms with Crippen LogP contribution >= 0.6 is 0 Å². The third kappa shape index (κ3) is 3.25. The molecule has 2 N–H and O–H groups in total. The van der Waals surface area contributed by atoms with Gasteiger partial charge in [0.2, 0.25) is 0 Å². The molecule has 0 saturated heterocycles. The Balaban J connectivity index is 1.99. The molecule has 1 aromatic carbocycles. The van der Waals surface area contributed by atoms with Crippen LogP contribution in [-0.4, -0.2) is 22.8 Å². The molecular weight excluding hydrogens is 267 g/mol. The molecule has 2 rings (SSSR count). The van der Waals surface area contributed by atoms with Crippen molar-refractivity contribution in [1.82, 2.24) is 5.16 Å². The van der Waals surface area contributed by atoms with Crippen LogP contribution < -0.4 is 10.1 Å². The molecule has 1 aromatic heterocycles. The predicted molar refractivity (Wildman–Crippen MR) is 68.4 cm³/mol. The lowest BCUT2D eigenvalue weighted by Crippen LogP contribution is -2.00. The molecule has 0 atom stereocenters. The number of aromatic nitrogens is 1. The van der Waals surface area contributed by atoms with Crippen LogP contribution in [0, 0.1) is 5.82 Å². The monoisotopic (exact) mass is 280 g/mol. The summed E-state index contributed by atoms with van der Waals surface area (Å²) in [6, 6.07) is 5.77. The third-order valence-electron chi connectivity index (χ3n) is 2.48. The molecular formula is C13H13FN2O4. The normalized spacial score (nSPS) is 10.3. The van der Waals surface area contributed by atoms with Gasteiger partial charge in [0.25, 0.3) is 0 Å². The van der Waals surface area contributed by atoms with Crippen molar-refractivity contribution in [2.75, 3.05) is 11.9 Å². The van der Waals surface area contributed by atoms with Crippen LogP contribution in [0.15, 0.2) is 28.8 Å². The molecule has 1 heterocycles. The van der Waals surface area contributed by atoms with Gasteiger partial charge in [-0.25, -0.2) is 9.18 Å². The standard InChI is InChI=1S/C13H13FN2O4/c1-2-19-12-4-3-8(5-10(12)14)15-7-9-6-11(13(17)18)16-20-9/h3-6,15H,2,7H2,1H3,(H,17,18). The number of hydrogen-bond donors (Lipinski definition) is 2. The van der Waals surface area contributed by atoms with Gasteiger partial charge in [0.05, 0.1) is 13.2 Å². The summed E-state index contributed by atoms with van der Waals surface area (Å²) in [6.45, 7) is 2.36. The maximum Gasteiger partial charge on any atom is 0.358 e. The average Bonchev–Trinajstić information content (AvgIpc) is 2.88. The molecule has 0 unspecified atom stereocenters. The van der Waals surface area contributed by atoms with E-state index in [9.17, 15) is 9.18 Å². The largest absolute Gasteiger partial charge is 0.491 e. The van der Waals surface area contributed by atoms with Crippen molar-refractivity contribution >= 4 is 11.7 Å². The van der Waals surface area contributed by atoms with Crippen LogP contribution in [0.5, 0.6) is 5.75 Å². The quantitative estimate of drug-likeness (QED) is 0.845. The van der Waals surface area contributed by atoms with Crippen LogP contribution in [0.25, 0.3) is 0 Å². The lowest BCUT2D eigenvalue weighted by atomic mass is 10.2. The van der Waals surface area contributed by atoms with Crippen molar-refractivity contribution < 1.29 is 23.6 Å². The number of anilines is 1. The van der Waals surface area contributed by atoms with Crippen molar-refractivity contribution in [3.05, 3.63) is 41.5 Å². The molecule has 0 aliphatic heterocycles. The van der Waals surface area contributed by atoms with Gasteiger partial charge in [-0.3, -0.25) is 0 Å². The van der Waals surface area contributed by atoms with Crippen LogP contribution in [0.4, 0.5) is 10.1 Å². The molecule has 0 fully saturated rings. The highest BCUT2D eigenvalue weighted by molar-refractivity contribution is 5.85. The number of ether oxygens (including phenoxy) is 1. The Morgan fingerprint density at radius 3 is 2.90 bits per heavy atom. The molecule has 106 valence electrons. The number of nitrogens with zero attached hydrogens (tertiary/aromatic N) is 1. The fraction of sp³-hybridized carbons (Fsp3) is 0.231. The molecule has 0 aliphatic rings. The highest BCUT2D eigenvalue weighted by Crippen LogP contribution is 2.21. The molecule has 6 nitrogen and oxygen atoms in total. The minimum absolute atomic E-state index is 0.167. The number of nitrogens with one attached hydrogen (secondary N) is 1. The van der Waals surface area contributed by atoms with Gasteiger partial charge in [0.1, 0.15) is 0 Å². The Hall–Kier alpha value is -2.57. The van der Waals surface area contributed by atoms with Gasteiger partial charge in [0.15, 0.2) is 23.0 Å². The Bertz CT molecular complexity index is 612. The van der Waals surface area contributed by atoms with Crippen molar-refractivity contribution in [3.8, 4) is 5.75 Å². The van der Waals surface area contributed by atoms with Crippen LogP contribution in [-0.2, 0) is 6.54 Å². The van der Waals surface area contributed by atoms with E-state index in [1.165, 1.54) is 18.2 Å². The summed E-state index contributed by atoms with van der Waals surface area (Å²) in [4.78, 5) is 10.6. The average molecular weight is 280 g/mol. The Morgan fingerprint density at radius 1 is 1.50 bits per heavy atom. The molecule has 0 aliphatic carbocycles. The van der Waals surface area contributed by atoms with Gasteiger partial charge >= 0.3 is 5.97 Å². The number of carboxylic acid groups (broad SMARTS) is 1. The maximum atomic E-state index is 13.6. The van der Waals surface area contributed by atoms with Crippen molar-refractivity contribution in [1.29, 1.82) is 0 Å². The summed E-state index contributed by atoms with van der Waals surface area (Å²) in [5, 5.41) is 15.0. The summed E-state index contributed by atoms with van der Waals surface area (Å²) >= 11 is 0. The second-order valence-corrected chi connectivity index (χ2v) is 3.92. The van der Waals surface area contributed by atoms with E-state index < -0.39 is 11.8 Å². The molecule has 0 radical (unpaired) electrons. The molecule has 0 saturated carbocycles. The van der Waals surface area contributed by atoms with Gasteiger partial charge in [-0.1, -0.05) is 5.16 Å². The van der Waals surface area contributed by atoms with Gasteiger partial charge in [-0.05, 0) is 19.1 Å². The minimum atomic E-state index is -1.16. The Kier molecular flexibility index (Phi) is 4.19. The topological polar surface area (TPSA) is 84.6 Å². The highest BCUT2D eigenvalue weighted by Gasteiger charge is 2.10. The van der Waals surface area contributed by atoms with E-state index in [0.717, 1.165) is 0 Å². The van der Waals surface area contributed by atoms with Crippen LogP contribution in [0.3, 0.4) is 0 Å². The fourth-order valence-electron chi connectivity index (χ4n) is 1.57. The first-order valence-corrected chi connectivity index (χ1v) is 5.95. The second kappa shape index (κ2) is 6.05. The van der Waals surface area contributed by atoms with Gasteiger partial charge < -0.3 is 19.7 Å². The third-order valence-corrected chi connectivity index (χ3v) is 2.48. The summed E-state index contributed by atoms with van der Waals surface area (Å²) in [5.74, 6) is -1.10. The zero-order valence-electron chi connectivity index (χ0n) is 10.7. The predicted octanol–water partition coefficient (Wildman–Crippen LogP) is 2.52. The van der Waals surface area contributed by atoms with Gasteiger partial charge in [-0.2, -0.15) is 0 Å². The molecule has 20 heavy (non-hydrogen) atoms. The lowest BCUT2D eigenvalue weighted by molar-refractivity contribution is 0.0685. The fourth-order valence-corrected chi connectivity index (χ4v) is 1.57. The van der Waals surface area contributed by atoms with E-state index in [0.29, 0.717) is 18.1 Å². The lowest BCUT2D eigenvalue weighted by Gasteiger charge is -2.07. The van der Waals surface area contributed by atoms with E-state index in [-0.39, 0.29) is 18.0 Å². The Morgan fingerprint density at radius 2 is 2.30 bits per heavy atom. The first-order valence-electron chi connectivity index (χ1n) is 5.95. The first-order chi connectivity index (χ1) is 9.60. The van der Waals surface area contributed by atoms with Crippen LogP contribution in [0.2, 0.25) is 0 Å². The van der Waals surface area contributed by atoms with Gasteiger partial charge in [-0.15, -0.1) is 0 Å². The zero-order chi connectivity index (χ0) is 14.5. The zero-order valence-corrected chi connectivity index (χ0v) is 10.7. The van der Waals surface area contributed by atoms with E-state index in [1.807, 2.05) is 0 Å². The number of carbonyl (C=O) groups is 1. The summed E-state index contributed by atoms with van der Waals surface area (Å²) in [6.07, 6.45) is 0. The molecule has 0 spiro atoms. The van der Waals surface area contributed by atoms with E-state index in [4.69, 9.17) is 14.4 Å². The molecule has 2 aromatic rings. The maximum absolute atomic E-state index is 13.6. The smallest absolute Gasteiger partial charge is 0.358 e. The second-order valence-electron chi connectivity index (χ2n) is 3.92. The van der Waals surface area contributed by atoms with E-state index in [1.54, 1.807) is 13.0 Å². The highest BCUT2D eigenvalue weighted by atomic mass is 19.1. The summed E-state index contributed by atoms with van der Waals surface area (Å²) in [7, 11) is 0. The number of aromatic carboxylic acids is 1. The number of rotatable bonds is 6. The Labute approximate surface area is 114 Å². The summed E-state index contributed by atoms with van der Waals surface area (Å²) in [5.41, 5.74) is 0.360. The first kappa shape index (κ1) is 13.9. The number of hydrogen-bond acceptors (Lipinski definition) is 5. The van der Waals surface area contributed by atoms with Crippen LogP contribution in [0.1, 0.15) is 23.2 Å². The van der Waals surface area contributed by atoms with Gasteiger partial charge in [0, 0.05) is 17.8 Å². The number of benzene rings is 1. The molecule has 0 amide bonds. The number of halogens is 1. The van der Waals surface area contributed by atoms with E-state index >= 15 is 0 Å².